The number of aromatic hydroxyl groups is 1. The second kappa shape index (κ2) is 16.9. The summed E-state index contributed by atoms with van der Waals surface area (Å²) in [7, 11) is -4.68. The minimum Gasteiger partial charge on any atom is -0.508 e. The third kappa shape index (κ3) is 10.4. The number of hydrogen-bond acceptors (Lipinski definition) is 8. The van der Waals surface area contributed by atoms with Crippen LogP contribution in [0.25, 0.3) is 11.1 Å². The van der Waals surface area contributed by atoms with Gasteiger partial charge in [-0.05, 0) is 102 Å². The number of phenols is 1. The number of carbonyl (C=O) groups excluding carboxylic acids is 1. The fraction of sp³-hybridized carbons (Fsp3) is 0.225. The number of carbonyl (C=O) groups is 1. The van der Waals surface area contributed by atoms with Crippen molar-refractivity contribution < 1.29 is 44.7 Å². The number of alkyl halides is 6. The van der Waals surface area contributed by atoms with Crippen LogP contribution in [0.5, 0.6) is 5.75 Å². The van der Waals surface area contributed by atoms with Gasteiger partial charge in [-0.2, -0.15) is 26.3 Å². The second-order valence-corrected chi connectivity index (χ2v) is 15.9. The number of benzene rings is 5. The average Bonchev–Trinajstić information content (AvgIpc) is 3.16. The lowest BCUT2D eigenvalue weighted by atomic mass is 9.99. The maximum atomic E-state index is 14.0. The number of phenolic OH excluding ortho intramolecular Hbond substituents is 1. The minimum atomic E-state index is -4.87. The number of thioether (sulfide) groups is 1. The van der Waals surface area contributed by atoms with Crippen molar-refractivity contribution in [1.82, 2.24) is 9.62 Å². The molecule has 0 unspecified atom stereocenters. The Morgan fingerprint density at radius 2 is 1.46 bits per heavy atom. The summed E-state index contributed by atoms with van der Waals surface area (Å²) in [6.45, 7) is 2.49. The fourth-order valence-electron chi connectivity index (χ4n) is 6.24. The van der Waals surface area contributed by atoms with Crippen molar-refractivity contribution in [1.29, 1.82) is 0 Å². The number of amides is 1. The lowest BCUT2D eigenvalue weighted by Gasteiger charge is -2.36. The van der Waals surface area contributed by atoms with Gasteiger partial charge in [0.2, 0.25) is 0 Å². The molecule has 0 bridgehead atoms. The summed E-state index contributed by atoms with van der Waals surface area (Å²) in [6.07, 6.45) is -9.43. The zero-order valence-electron chi connectivity index (χ0n) is 29.6. The topological polar surface area (TPSA) is 102 Å². The molecular formula is C40H36F6N4O4S2. The first-order valence-corrected chi connectivity index (χ1v) is 19.8. The Balaban J connectivity index is 1.05. The fourth-order valence-corrected chi connectivity index (χ4v) is 8.02. The van der Waals surface area contributed by atoms with E-state index < -0.39 is 44.3 Å². The van der Waals surface area contributed by atoms with Crippen LogP contribution >= 0.6 is 11.8 Å². The molecule has 1 saturated heterocycles. The molecule has 5 aromatic carbocycles. The maximum Gasteiger partial charge on any atom is 0.418 e. The molecule has 6 rings (SSSR count). The van der Waals surface area contributed by atoms with Crippen molar-refractivity contribution in [3.8, 4) is 16.9 Å². The predicted molar refractivity (Wildman–Crippen MR) is 204 cm³/mol. The molecule has 1 amide bonds. The summed E-state index contributed by atoms with van der Waals surface area (Å²) in [4.78, 5) is 17.2. The third-order valence-electron chi connectivity index (χ3n) is 9.04. The van der Waals surface area contributed by atoms with Gasteiger partial charge in [-0.1, -0.05) is 30.3 Å². The summed E-state index contributed by atoms with van der Waals surface area (Å²) in [5.41, 5.74) is -0.319. The monoisotopic (exact) mass is 814 g/mol. The van der Waals surface area contributed by atoms with E-state index in [9.17, 15) is 44.7 Å². The van der Waals surface area contributed by atoms with Crippen LogP contribution in [0, 0.1) is 0 Å². The van der Waals surface area contributed by atoms with Crippen LogP contribution in [0.15, 0.2) is 125 Å². The van der Waals surface area contributed by atoms with Gasteiger partial charge in [0.15, 0.2) is 0 Å². The Morgan fingerprint density at radius 3 is 2.12 bits per heavy atom. The van der Waals surface area contributed by atoms with Gasteiger partial charge in [0.1, 0.15) is 5.75 Å². The number of nitrogens with one attached hydrogen (secondary N) is 2. The number of piperazine rings is 1. The highest BCUT2D eigenvalue weighted by Gasteiger charge is 2.35. The summed E-state index contributed by atoms with van der Waals surface area (Å²) in [5, 5.41) is 12.6. The number of halogens is 6. The van der Waals surface area contributed by atoms with E-state index in [0.717, 1.165) is 34.8 Å². The van der Waals surface area contributed by atoms with E-state index in [1.165, 1.54) is 36.0 Å². The highest BCUT2D eigenvalue weighted by molar-refractivity contribution is 7.99. The molecule has 0 spiro atoms. The van der Waals surface area contributed by atoms with Crippen LogP contribution in [-0.4, -0.2) is 62.8 Å². The lowest BCUT2D eigenvalue weighted by molar-refractivity contribution is -0.138. The molecule has 1 heterocycles. The van der Waals surface area contributed by atoms with Crippen molar-refractivity contribution in [3.63, 3.8) is 0 Å². The van der Waals surface area contributed by atoms with E-state index in [1.807, 2.05) is 44.9 Å². The van der Waals surface area contributed by atoms with Crippen LogP contribution in [0.4, 0.5) is 37.7 Å². The van der Waals surface area contributed by atoms with E-state index in [2.05, 4.69) is 5.32 Å². The predicted octanol–water partition coefficient (Wildman–Crippen LogP) is 8.74. The van der Waals surface area contributed by atoms with Crippen LogP contribution in [-0.2, 0) is 28.9 Å². The SMILES string of the molecule is O=C(NS(=O)(=O)c1ccc(NCCSc2ccccc2)c(C(F)(F)F)c1)c1ccc(N2CCN(Cc3cc(-c4cccc(O)c4)cc(C(F)(F)F)c3)CC2)cc1. The van der Waals surface area contributed by atoms with Crippen LogP contribution in [0.1, 0.15) is 27.0 Å². The van der Waals surface area contributed by atoms with Gasteiger partial charge in [-0.25, -0.2) is 13.1 Å². The molecule has 0 atom stereocenters. The normalized spacial score (nSPS) is 14.1. The standard InChI is InChI=1S/C40H36F6N4O4S2/c41-39(42,43)31-22-27(21-30(23-31)29-5-4-6-33(51)24-29)26-49-16-18-50(19-17-49)32-11-9-28(10-12-32)38(52)48-56(53,54)35-13-14-37(36(25-35)40(44,45)46)47-15-20-55-34-7-2-1-3-8-34/h1-14,21-25,47,51H,15-20,26H2,(H,48,52). The van der Waals surface area contributed by atoms with E-state index in [4.69, 9.17) is 0 Å². The molecule has 56 heavy (non-hydrogen) atoms. The van der Waals surface area contributed by atoms with Crippen molar-refractivity contribution in [3.05, 3.63) is 138 Å². The Morgan fingerprint density at radius 1 is 0.750 bits per heavy atom. The number of rotatable bonds is 12. The lowest BCUT2D eigenvalue weighted by Crippen LogP contribution is -2.46. The van der Waals surface area contributed by atoms with Gasteiger partial charge in [0, 0.05) is 66.9 Å². The van der Waals surface area contributed by atoms with Gasteiger partial charge in [0.25, 0.3) is 15.9 Å². The first-order chi connectivity index (χ1) is 26.5. The van der Waals surface area contributed by atoms with Gasteiger partial charge in [-0.3, -0.25) is 9.69 Å². The summed E-state index contributed by atoms with van der Waals surface area (Å²) in [6, 6.07) is 27.8. The molecule has 294 valence electrons. The molecule has 16 heteroatoms. The largest absolute Gasteiger partial charge is 0.508 e. The van der Waals surface area contributed by atoms with Crippen molar-refractivity contribution >= 4 is 39.1 Å². The van der Waals surface area contributed by atoms with Gasteiger partial charge < -0.3 is 15.3 Å². The number of hydrogen-bond donors (Lipinski definition) is 3. The second-order valence-electron chi connectivity index (χ2n) is 13.0. The molecular weight excluding hydrogens is 779 g/mol. The Bertz CT molecular complexity index is 2260. The van der Waals surface area contributed by atoms with E-state index >= 15 is 0 Å². The third-order valence-corrected chi connectivity index (χ3v) is 11.4. The van der Waals surface area contributed by atoms with Crippen LogP contribution in [0.2, 0.25) is 0 Å². The number of nitrogens with zero attached hydrogens (tertiary/aromatic N) is 2. The van der Waals surface area contributed by atoms with Crippen molar-refractivity contribution in [2.45, 2.75) is 28.7 Å². The molecule has 5 aromatic rings. The quantitative estimate of drug-likeness (QED) is 0.0654. The zero-order chi connectivity index (χ0) is 40.1. The average molecular weight is 815 g/mol. The van der Waals surface area contributed by atoms with Gasteiger partial charge >= 0.3 is 12.4 Å². The van der Waals surface area contributed by atoms with Crippen LogP contribution < -0.4 is 14.9 Å². The highest BCUT2D eigenvalue weighted by Crippen LogP contribution is 2.37. The highest BCUT2D eigenvalue weighted by atomic mass is 32.2. The molecule has 1 fully saturated rings. The summed E-state index contributed by atoms with van der Waals surface area (Å²) >= 11 is 1.45. The molecule has 1 aliphatic heterocycles. The van der Waals surface area contributed by atoms with E-state index in [1.54, 1.807) is 30.3 Å². The molecule has 1 aliphatic rings. The molecule has 8 nitrogen and oxygen atoms in total. The first-order valence-electron chi connectivity index (χ1n) is 17.3. The van der Waals surface area contributed by atoms with E-state index in [-0.39, 0.29) is 30.1 Å². The van der Waals surface area contributed by atoms with Gasteiger partial charge in [-0.15, -0.1) is 11.8 Å². The Labute approximate surface area is 324 Å². The Kier molecular flexibility index (Phi) is 12.2. The van der Waals surface area contributed by atoms with Crippen molar-refractivity contribution in [2.24, 2.45) is 0 Å². The van der Waals surface area contributed by atoms with Crippen molar-refractivity contribution in [2.75, 3.05) is 48.7 Å². The summed E-state index contributed by atoms with van der Waals surface area (Å²) in [5.74, 6) is -0.625. The maximum absolute atomic E-state index is 14.0. The smallest absolute Gasteiger partial charge is 0.418 e. The molecule has 0 saturated carbocycles. The van der Waals surface area contributed by atoms with E-state index in [0.29, 0.717) is 54.7 Å². The molecule has 3 N–H and O–H groups in total. The molecule has 0 aromatic heterocycles. The first kappa shape index (κ1) is 40.5. The molecule has 0 radical (unpaired) electrons. The number of anilines is 2. The minimum absolute atomic E-state index is 0.0340. The Hall–Kier alpha value is -5.19. The van der Waals surface area contributed by atoms with Crippen LogP contribution in [0.3, 0.4) is 0 Å². The zero-order valence-corrected chi connectivity index (χ0v) is 31.2. The summed E-state index contributed by atoms with van der Waals surface area (Å²) < 4.78 is 111. The number of sulfonamides is 1. The van der Waals surface area contributed by atoms with Gasteiger partial charge in [0.05, 0.1) is 16.0 Å². The molecule has 0 aliphatic carbocycles.